The van der Waals surface area contributed by atoms with E-state index in [0.717, 1.165) is 16.7 Å². The van der Waals surface area contributed by atoms with E-state index < -0.39 is 4.92 Å². The lowest BCUT2D eigenvalue weighted by atomic mass is 10.00. The number of anilines is 1. The molecule has 6 nitrogen and oxygen atoms in total. The Kier molecular flexibility index (Phi) is 3.93. The molecule has 0 fully saturated rings. The highest BCUT2D eigenvalue weighted by Crippen LogP contribution is 2.34. The Bertz CT molecular complexity index is 656. The van der Waals surface area contributed by atoms with Crippen LogP contribution >= 0.6 is 0 Å². The highest BCUT2D eigenvalue weighted by atomic mass is 16.6. The standard InChI is InChI=1S/C14H16N4O2/c1-4-15-14-13(18(19)20)12(16-8-17-14)11-7-5-6-9(2)10(11)3/h5-8H,4H2,1-3H3,(H,15,16,17). The second-order valence-electron chi connectivity index (χ2n) is 4.45. The molecule has 1 aromatic heterocycles. The van der Waals surface area contributed by atoms with E-state index in [2.05, 4.69) is 15.3 Å². The number of nitro groups is 1. The molecule has 0 amide bonds. The largest absolute Gasteiger partial charge is 0.365 e. The van der Waals surface area contributed by atoms with Gasteiger partial charge in [-0.3, -0.25) is 10.1 Å². The predicted octanol–water partition coefficient (Wildman–Crippen LogP) is 3.10. The Morgan fingerprint density at radius 2 is 2.05 bits per heavy atom. The van der Waals surface area contributed by atoms with Crippen LogP contribution in [0.3, 0.4) is 0 Å². The lowest BCUT2D eigenvalue weighted by Crippen LogP contribution is -2.06. The van der Waals surface area contributed by atoms with Crippen LogP contribution < -0.4 is 5.32 Å². The summed E-state index contributed by atoms with van der Waals surface area (Å²) in [5.74, 6) is 0.253. The van der Waals surface area contributed by atoms with Crippen molar-refractivity contribution in [1.82, 2.24) is 9.97 Å². The fourth-order valence-electron chi connectivity index (χ4n) is 2.05. The molecule has 0 aliphatic heterocycles. The van der Waals surface area contributed by atoms with Crippen molar-refractivity contribution < 1.29 is 4.92 Å². The predicted molar refractivity (Wildman–Crippen MR) is 77.8 cm³/mol. The van der Waals surface area contributed by atoms with Crippen molar-refractivity contribution in [2.45, 2.75) is 20.8 Å². The lowest BCUT2D eigenvalue weighted by molar-refractivity contribution is -0.383. The Morgan fingerprint density at radius 1 is 1.30 bits per heavy atom. The summed E-state index contributed by atoms with van der Waals surface area (Å²) in [6.45, 7) is 6.33. The number of aromatic nitrogens is 2. The first-order valence-electron chi connectivity index (χ1n) is 6.36. The van der Waals surface area contributed by atoms with E-state index in [4.69, 9.17) is 0 Å². The zero-order valence-corrected chi connectivity index (χ0v) is 11.7. The summed E-state index contributed by atoms with van der Waals surface area (Å²) in [6, 6.07) is 5.68. The molecule has 6 heteroatoms. The molecule has 1 aromatic carbocycles. The van der Waals surface area contributed by atoms with Crippen LogP contribution in [0.1, 0.15) is 18.1 Å². The van der Waals surface area contributed by atoms with Crippen LogP contribution in [0.4, 0.5) is 11.5 Å². The van der Waals surface area contributed by atoms with Crippen LogP contribution in [-0.2, 0) is 0 Å². The van der Waals surface area contributed by atoms with Crippen LogP contribution in [0.2, 0.25) is 0 Å². The number of nitrogens with one attached hydrogen (secondary N) is 1. The van der Waals surface area contributed by atoms with Crippen molar-refractivity contribution in [3.05, 3.63) is 45.8 Å². The maximum absolute atomic E-state index is 11.4. The first kappa shape index (κ1) is 13.9. The van der Waals surface area contributed by atoms with Gasteiger partial charge in [-0.05, 0) is 31.9 Å². The van der Waals surface area contributed by atoms with E-state index >= 15 is 0 Å². The summed E-state index contributed by atoms with van der Waals surface area (Å²) >= 11 is 0. The molecule has 0 bridgehead atoms. The molecule has 0 saturated carbocycles. The molecule has 0 saturated heterocycles. The van der Waals surface area contributed by atoms with Crippen molar-refractivity contribution in [3.8, 4) is 11.3 Å². The van der Waals surface area contributed by atoms with Gasteiger partial charge in [0.15, 0.2) is 5.69 Å². The minimum atomic E-state index is -0.435. The molecule has 0 aliphatic carbocycles. The Labute approximate surface area is 117 Å². The van der Waals surface area contributed by atoms with Crippen LogP contribution in [0.15, 0.2) is 24.5 Å². The van der Waals surface area contributed by atoms with Crippen LogP contribution in [0, 0.1) is 24.0 Å². The van der Waals surface area contributed by atoms with Crippen molar-refractivity contribution in [3.63, 3.8) is 0 Å². The molecule has 0 aliphatic rings. The molecule has 2 aromatic rings. The third-order valence-electron chi connectivity index (χ3n) is 3.21. The number of aryl methyl sites for hydroxylation is 1. The zero-order valence-electron chi connectivity index (χ0n) is 11.7. The fourth-order valence-corrected chi connectivity index (χ4v) is 2.05. The number of nitrogens with zero attached hydrogens (tertiary/aromatic N) is 3. The Morgan fingerprint density at radius 3 is 2.70 bits per heavy atom. The Balaban J connectivity index is 2.70. The monoisotopic (exact) mass is 272 g/mol. The zero-order chi connectivity index (χ0) is 14.7. The van der Waals surface area contributed by atoms with E-state index in [9.17, 15) is 10.1 Å². The number of hydrogen-bond acceptors (Lipinski definition) is 5. The fraction of sp³-hybridized carbons (Fsp3) is 0.286. The van der Waals surface area contributed by atoms with Gasteiger partial charge in [-0.2, -0.15) is 0 Å². The second kappa shape index (κ2) is 5.64. The summed E-state index contributed by atoms with van der Waals surface area (Å²) in [4.78, 5) is 19.0. The van der Waals surface area contributed by atoms with Gasteiger partial charge in [0.25, 0.3) is 0 Å². The molecular formula is C14H16N4O2. The van der Waals surface area contributed by atoms with E-state index in [1.807, 2.05) is 39.0 Å². The third kappa shape index (κ3) is 2.45. The highest BCUT2D eigenvalue weighted by molar-refractivity contribution is 5.78. The van der Waals surface area contributed by atoms with E-state index in [1.54, 1.807) is 0 Å². The average molecular weight is 272 g/mol. The molecule has 20 heavy (non-hydrogen) atoms. The number of hydrogen-bond donors (Lipinski definition) is 1. The van der Waals surface area contributed by atoms with Gasteiger partial charge >= 0.3 is 5.69 Å². The van der Waals surface area contributed by atoms with Gasteiger partial charge in [0, 0.05) is 12.1 Å². The maximum Gasteiger partial charge on any atom is 0.337 e. The molecule has 1 heterocycles. The third-order valence-corrected chi connectivity index (χ3v) is 3.21. The van der Waals surface area contributed by atoms with E-state index in [0.29, 0.717) is 12.2 Å². The van der Waals surface area contributed by atoms with E-state index in [-0.39, 0.29) is 11.5 Å². The highest BCUT2D eigenvalue weighted by Gasteiger charge is 2.24. The summed E-state index contributed by atoms with van der Waals surface area (Å²) in [5, 5.41) is 14.3. The van der Waals surface area contributed by atoms with Gasteiger partial charge in [-0.15, -0.1) is 0 Å². The van der Waals surface area contributed by atoms with Gasteiger partial charge < -0.3 is 5.32 Å². The molecule has 0 unspecified atom stereocenters. The van der Waals surface area contributed by atoms with E-state index in [1.165, 1.54) is 6.33 Å². The average Bonchev–Trinajstić information content (AvgIpc) is 2.42. The van der Waals surface area contributed by atoms with Crippen molar-refractivity contribution in [2.24, 2.45) is 0 Å². The molecule has 2 rings (SSSR count). The first-order valence-corrected chi connectivity index (χ1v) is 6.36. The van der Waals surface area contributed by atoms with Gasteiger partial charge in [0.2, 0.25) is 5.82 Å². The van der Waals surface area contributed by atoms with Crippen molar-refractivity contribution >= 4 is 11.5 Å². The lowest BCUT2D eigenvalue weighted by Gasteiger charge is -2.10. The van der Waals surface area contributed by atoms with Gasteiger partial charge in [0.1, 0.15) is 6.33 Å². The van der Waals surface area contributed by atoms with Crippen LogP contribution in [0.5, 0.6) is 0 Å². The molecule has 104 valence electrons. The quantitative estimate of drug-likeness (QED) is 0.683. The summed E-state index contributed by atoms with van der Waals surface area (Å²) in [7, 11) is 0. The SMILES string of the molecule is CCNc1ncnc(-c2cccc(C)c2C)c1[N+](=O)[O-]. The number of benzene rings is 1. The normalized spacial score (nSPS) is 10.3. The summed E-state index contributed by atoms with van der Waals surface area (Å²) < 4.78 is 0. The topological polar surface area (TPSA) is 81.0 Å². The Hall–Kier alpha value is -2.50. The summed E-state index contributed by atoms with van der Waals surface area (Å²) in [5.41, 5.74) is 3.08. The van der Waals surface area contributed by atoms with Gasteiger partial charge in [0.05, 0.1) is 4.92 Å². The molecular weight excluding hydrogens is 256 g/mol. The summed E-state index contributed by atoms with van der Waals surface area (Å²) in [6.07, 6.45) is 1.35. The molecule has 0 radical (unpaired) electrons. The minimum absolute atomic E-state index is 0.0805. The molecule has 1 N–H and O–H groups in total. The molecule has 0 atom stereocenters. The van der Waals surface area contributed by atoms with Crippen LogP contribution in [-0.4, -0.2) is 21.4 Å². The van der Waals surface area contributed by atoms with Gasteiger partial charge in [-0.25, -0.2) is 9.97 Å². The molecule has 0 spiro atoms. The van der Waals surface area contributed by atoms with Crippen molar-refractivity contribution in [1.29, 1.82) is 0 Å². The van der Waals surface area contributed by atoms with Crippen LogP contribution in [0.25, 0.3) is 11.3 Å². The minimum Gasteiger partial charge on any atom is -0.365 e. The first-order chi connectivity index (χ1) is 9.56. The van der Waals surface area contributed by atoms with Gasteiger partial charge in [-0.1, -0.05) is 18.2 Å². The second-order valence-corrected chi connectivity index (χ2v) is 4.45. The smallest absolute Gasteiger partial charge is 0.337 e. The maximum atomic E-state index is 11.4. The van der Waals surface area contributed by atoms with Crippen molar-refractivity contribution in [2.75, 3.05) is 11.9 Å². The number of rotatable bonds is 4.